The third-order valence-electron chi connectivity index (χ3n) is 3.05. The lowest BCUT2D eigenvalue weighted by Gasteiger charge is -2.16. The number of halogens is 1. The Morgan fingerprint density at radius 1 is 1.43 bits per heavy atom. The number of carboxylic acids is 1. The number of amides is 1. The third-order valence-corrected chi connectivity index (χ3v) is 3.38. The monoisotopic (exact) mass is 345 g/mol. The number of hydrogen-bond acceptors (Lipinski definition) is 5. The van der Waals surface area contributed by atoms with Crippen LogP contribution in [-0.4, -0.2) is 35.9 Å². The molecular formula is C13H18ClN4O5+. The van der Waals surface area contributed by atoms with Crippen LogP contribution < -0.4 is 21.5 Å². The highest BCUT2D eigenvalue weighted by Crippen LogP contribution is 2.26. The molecule has 1 aromatic rings. The van der Waals surface area contributed by atoms with E-state index < -0.39 is 22.8 Å². The lowest BCUT2D eigenvalue weighted by molar-refractivity contribution is -0.684. The molecule has 23 heavy (non-hydrogen) atoms. The molecule has 0 radical (unpaired) electrons. The van der Waals surface area contributed by atoms with E-state index in [2.05, 4.69) is 11.1 Å². The molecule has 0 aliphatic heterocycles. The number of benzene rings is 1. The van der Waals surface area contributed by atoms with Gasteiger partial charge < -0.3 is 26.3 Å². The topological polar surface area (TPSA) is 157 Å². The van der Waals surface area contributed by atoms with Gasteiger partial charge in [-0.1, -0.05) is 11.6 Å². The molecule has 0 bridgehead atoms. The Morgan fingerprint density at radius 2 is 2.13 bits per heavy atom. The molecule has 0 fully saturated rings. The molecule has 0 aromatic heterocycles. The van der Waals surface area contributed by atoms with Crippen LogP contribution in [0.5, 0.6) is 0 Å². The number of quaternary nitrogens is 2. The van der Waals surface area contributed by atoms with Gasteiger partial charge in [0.25, 0.3) is 5.69 Å². The SMILES string of the molecule is [NH3+]CCC[NH2+][C@H](CC(=O)Nc1cc([N+](=O)[O-])ccc1Cl)C(=O)[O-]. The average molecular weight is 346 g/mol. The summed E-state index contributed by atoms with van der Waals surface area (Å²) in [4.78, 5) is 33.1. The van der Waals surface area contributed by atoms with Crippen molar-refractivity contribution < 1.29 is 30.7 Å². The maximum absolute atomic E-state index is 11.9. The molecule has 0 saturated carbocycles. The van der Waals surface area contributed by atoms with Crippen molar-refractivity contribution in [2.45, 2.75) is 18.9 Å². The molecule has 0 aliphatic rings. The van der Waals surface area contributed by atoms with Gasteiger partial charge in [-0.3, -0.25) is 14.9 Å². The molecule has 1 rings (SSSR count). The summed E-state index contributed by atoms with van der Waals surface area (Å²) in [6.07, 6.45) is 0.376. The van der Waals surface area contributed by atoms with Crippen LogP contribution in [0.25, 0.3) is 0 Å². The first-order valence-corrected chi connectivity index (χ1v) is 7.30. The number of rotatable bonds is 9. The summed E-state index contributed by atoms with van der Waals surface area (Å²) in [6, 6.07) is 2.56. The third kappa shape index (κ3) is 6.19. The normalized spacial score (nSPS) is 11.7. The van der Waals surface area contributed by atoms with Crippen molar-refractivity contribution in [3.8, 4) is 0 Å². The number of aliphatic carboxylic acids is 1. The zero-order valence-corrected chi connectivity index (χ0v) is 13.0. The maximum atomic E-state index is 11.9. The molecule has 0 saturated heterocycles. The predicted octanol–water partition coefficient (Wildman–Crippen LogP) is -2.11. The van der Waals surface area contributed by atoms with Gasteiger partial charge in [-0.15, -0.1) is 0 Å². The summed E-state index contributed by atoms with van der Waals surface area (Å²) in [5.41, 5.74) is 3.47. The van der Waals surface area contributed by atoms with E-state index in [9.17, 15) is 24.8 Å². The molecule has 0 aliphatic carbocycles. The van der Waals surface area contributed by atoms with Crippen molar-refractivity contribution in [3.05, 3.63) is 33.3 Å². The first-order chi connectivity index (χ1) is 10.8. The number of nitro benzene ring substituents is 1. The van der Waals surface area contributed by atoms with Crippen molar-refractivity contribution in [2.75, 3.05) is 18.4 Å². The van der Waals surface area contributed by atoms with Gasteiger partial charge in [0.05, 0.1) is 41.1 Å². The Labute approximate surface area is 136 Å². The molecule has 1 amide bonds. The van der Waals surface area contributed by atoms with Crippen LogP contribution in [0.15, 0.2) is 18.2 Å². The van der Waals surface area contributed by atoms with E-state index in [4.69, 9.17) is 11.6 Å². The quantitative estimate of drug-likeness (QED) is 0.265. The first-order valence-electron chi connectivity index (χ1n) is 6.92. The Bertz CT molecular complexity index is 596. The van der Waals surface area contributed by atoms with Gasteiger partial charge in [0.1, 0.15) is 6.04 Å². The largest absolute Gasteiger partial charge is 0.544 e. The Morgan fingerprint density at radius 3 is 2.70 bits per heavy atom. The van der Waals surface area contributed by atoms with Gasteiger partial charge in [0.15, 0.2) is 0 Å². The molecule has 126 valence electrons. The highest BCUT2D eigenvalue weighted by atomic mass is 35.5. The second kappa shape index (κ2) is 9.03. The summed E-state index contributed by atoms with van der Waals surface area (Å²) in [6.45, 7) is 1.17. The van der Waals surface area contributed by atoms with Crippen LogP contribution in [0.3, 0.4) is 0 Å². The number of carboxylic acid groups (broad SMARTS) is 1. The van der Waals surface area contributed by atoms with Crippen molar-refractivity contribution in [3.63, 3.8) is 0 Å². The summed E-state index contributed by atoms with van der Waals surface area (Å²) in [5.74, 6) is -1.97. The zero-order chi connectivity index (χ0) is 17.4. The molecule has 9 nitrogen and oxygen atoms in total. The van der Waals surface area contributed by atoms with E-state index in [0.717, 1.165) is 6.07 Å². The van der Waals surface area contributed by atoms with Crippen LogP contribution in [0.4, 0.5) is 11.4 Å². The number of carbonyl (C=O) groups is 2. The van der Waals surface area contributed by atoms with Crippen molar-refractivity contribution in [1.29, 1.82) is 0 Å². The Balaban J connectivity index is 2.72. The van der Waals surface area contributed by atoms with E-state index in [1.54, 1.807) is 0 Å². The number of hydrogen-bond donors (Lipinski definition) is 3. The van der Waals surface area contributed by atoms with Crippen LogP contribution >= 0.6 is 11.6 Å². The van der Waals surface area contributed by atoms with Gasteiger partial charge in [-0.05, 0) is 6.07 Å². The van der Waals surface area contributed by atoms with Crippen molar-refractivity contribution in [2.24, 2.45) is 0 Å². The lowest BCUT2D eigenvalue weighted by atomic mass is 10.2. The second-order valence-corrected chi connectivity index (χ2v) is 5.24. The second-order valence-electron chi connectivity index (χ2n) is 4.83. The van der Waals surface area contributed by atoms with Crippen LogP contribution in [0.2, 0.25) is 5.02 Å². The molecule has 0 unspecified atom stereocenters. The molecular weight excluding hydrogens is 328 g/mol. The van der Waals surface area contributed by atoms with Gasteiger partial charge in [-0.25, -0.2) is 0 Å². The van der Waals surface area contributed by atoms with Crippen molar-refractivity contribution in [1.82, 2.24) is 0 Å². The number of nitrogens with two attached hydrogens (primary N) is 1. The van der Waals surface area contributed by atoms with E-state index in [-0.39, 0.29) is 22.8 Å². The minimum Gasteiger partial charge on any atom is -0.544 e. The maximum Gasteiger partial charge on any atom is 0.271 e. The van der Waals surface area contributed by atoms with Gasteiger partial charge in [0.2, 0.25) is 5.91 Å². The zero-order valence-electron chi connectivity index (χ0n) is 12.3. The first kappa shape index (κ1) is 18.8. The smallest absolute Gasteiger partial charge is 0.271 e. The number of carbonyl (C=O) groups excluding carboxylic acids is 2. The molecule has 6 N–H and O–H groups in total. The Kier molecular flexibility index (Phi) is 7.39. The summed E-state index contributed by atoms with van der Waals surface area (Å²) in [7, 11) is 0. The summed E-state index contributed by atoms with van der Waals surface area (Å²) < 4.78 is 0. The fraction of sp³-hybridized carbons (Fsp3) is 0.385. The number of nitro groups is 1. The van der Waals surface area contributed by atoms with Crippen molar-refractivity contribution >= 4 is 34.9 Å². The highest BCUT2D eigenvalue weighted by molar-refractivity contribution is 6.33. The van der Waals surface area contributed by atoms with E-state index >= 15 is 0 Å². The van der Waals surface area contributed by atoms with Crippen LogP contribution in [0.1, 0.15) is 12.8 Å². The Hall–Kier alpha value is -2.23. The summed E-state index contributed by atoms with van der Waals surface area (Å²) in [5, 5.41) is 25.8. The standard InChI is InChI=1S/C13H17ClN4O5/c14-9-3-2-8(18(22)23)6-10(9)17-12(19)7-11(13(20)21)16-5-1-4-15/h2-3,6,11,16H,1,4-5,7,15H2,(H,17,19)(H,20,21)/p+1/t11-/m1/s1. The molecule has 10 heteroatoms. The molecule has 0 heterocycles. The van der Waals surface area contributed by atoms with E-state index in [0.29, 0.717) is 19.5 Å². The van der Waals surface area contributed by atoms with Gasteiger partial charge >= 0.3 is 0 Å². The average Bonchev–Trinajstić information content (AvgIpc) is 2.48. The highest BCUT2D eigenvalue weighted by Gasteiger charge is 2.19. The summed E-state index contributed by atoms with van der Waals surface area (Å²) >= 11 is 5.87. The number of non-ortho nitro benzene ring substituents is 1. The fourth-order valence-corrected chi connectivity index (χ4v) is 2.01. The molecule has 0 spiro atoms. The van der Waals surface area contributed by atoms with Crippen LogP contribution in [-0.2, 0) is 9.59 Å². The number of anilines is 1. The van der Waals surface area contributed by atoms with Gasteiger partial charge in [-0.2, -0.15) is 0 Å². The molecule has 1 aromatic carbocycles. The molecule has 1 atom stereocenters. The minimum atomic E-state index is -1.35. The van der Waals surface area contributed by atoms with Gasteiger partial charge in [0, 0.05) is 18.6 Å². The lowest BCUT2D eigenvalue weighted by Crippen LogP contribution is -2.93. The fourth-order valence-electron chi connectivity index (χ4n) is 1.85. The van der Waals surface area contributed by atoms with E-state index in [1.165, 1.54) is 17.4 Å². The van der Waals surface area contributed by atoms with Crippen LogP contribution in [0, 0.1) is 10.1 Å². The minimum absolute atomic E-state index is 0.0562. The van der Waals surface area contributed by atoms with E-state index in [1.807, 2.05) is 0 Å². The predicted molar refractivity (Wildman–Crippen MR) is 79.3 cm³/mol. The number of nitrogens with one attached hydrogen (secondary N) is 1. The number of nitrogens with zero attached hydrogens (tertiary/aromatic N) is 1.